The number of anilines is 1. The second-order valence-corrected chi connectivity index (χ2v) is 4.43. The fourth-order valence-corrected chi connectivity index (χ4v) is 2.29. The molecule has 0 aromatic heterocycles. The molecule has 1 saturated heterocycles. The van der Waals surface area contributed by atoms with E-state index in [1.54, 1.807) is 0 Å². The Morgan fingerprint density at radius 2 is 1.94 bits per heavy atom. The first-order chi connectivity index (χ1) is 7.81. The SMILES string of the molecule is NC1CCN(c2ccccc2CCO)CC1. The zero-order chi connectivity index (χ0) is 11.4. The zero-order valence-corrected chi connectivity index (χ0v) is 9.60. The predicted molar refractivity (Wildman–Crippen MR) is 66.7 cm³/mol. The molecule has 0 bridgehead atoms. The first-order valence-corrected chi connectivity index (χ1v) is 6.00. The molecule has 16 heavy (non-hydrogen) atoms. The summed E-state index contributed by atoms with van der Waals surface area (Å²) in [5.41, 5.74) is 8.41. The van der Waals surface area contributed by atoms with E-state index >= 15 is 0 Å². The molecule has 3 nitrogen and oxygen atoms in total. The lowest BCUT2D eigenvalue weighted by Gasteiger charge is -2.33. The molecule has 0 radical (unpaired) electrons. The van der Waals surface area contributed by atoms with E-state index in [9.17, 15) is 0 Å². The Labute approximate surface area is 96.9 Å². The molecule has 3 heteroatoms. The molecule has 0 spiro atoms. The molecule has 1 aliphatic rings. The number of rotatable bonds is 3. The van der Waals surface area contributed by atoms with Gasteiger partial charge < -0.3 is 15.7 Å². The van der Waals surface area contributed by atoms with Crippen molar-refractivity contribution < 1.29 is 5.11 Å². The van der Waals surface area contributed by atoms with E-state index in [0.717, 1.165) is 32.4 Å². The second kappa shape index (κ2) is 5.32. The molecular formula is C13H20N2O. The van der Waals surface area contributed by atoms with Crippen LogP contribution in [-0.4, -0.2) is 30.8 Å². The van der Waals surface area contributed by atoms with Crippen molar-refractivity contribution in [3.63, 3.8) is 0 Å². The average Bonchev–Trinajstić information content (AvgIpc) is 2.32. The van der Waals surface area contributed by atoms with Crippen LogP contribution in [0.4, 0.5) is 5.69 Å². The minimum Gasteiger partial charge on any atom is -0.396 e. The number of aliphatic hydroxyl groups excluding tert-OH is 1. The Morgan fingerprint density at radius 3 is 2.62 bits per heavy atom. The molecule has 88 valence electrons. The third-order valence-corrected chi connectivity index (χ3v) is 3.25. The molecule has 0 unspecified atom stereocenters. The van der Waals surface area contributed by atoms with Crippen molar-refractivity contribution in [2.75, 3.05) is 24.6 Å². The van der Waals surface area contributed by atoms with Gasteiger partial charge in [0.05, 0.1) is 0 Å². The molecular weight excluding hydrogens is 200 g/mol. The number of piperidine rings is 1. The molecule has 1 aromatic rings. The number of hydrogen-bond donors (Lipinski definition) is 2. The highest BCUT2D eigenvalue weighted by Gasteiger charge is 2.17. The van der Waals surface area contributed by atoms with Crippen molar-refractivity contribution in [2.24, 2.45) is 5.73 Å². The van der Waals surface area contributed by atoms with Crippen LogP contribution in [0.15, 0.2) is 24.3 Å². The summed E-state index contributed by atoms with van der Waals surface area (Å²) in [5.74, 6) is 0. The Kier molecular flexibility index (Phi) is 3.80. The lowest BCUT2D eigenvalue weighted by atomic mass is 10.0. The smallest absolute Gasteiger partial charge is 0.0472 e. The molecule has 0 aliphatic carbocycles. The molecule has 1 aromatic carbocycles. The largest absolute Gasteiger partial charge is 0.396 e. The second-order valence-electron chi connectivity index (χ2n) is 4.43. The quantitative estimate of drug-likeness (QED) is 0.803. The number of hydrogen-bond acceptors (Lipinski definition) is 3. The van der Waals surface area contributed by atoms with Crippen LogP contribution in [0.5, 0.6) is 0 Å². The summed E-state index contributed by atoms with van der Waals surface area (Å²) in [7, 11) is 0. The van der Waals surface area contributed by atoms with Gasteiger partial charge in [0.2, 0.25) is 0 Å². The predicted octanol–water partition coefficient (Wildman–Crippen LogP) is 1.15. The maximum Gasteiger partial charge on any atom is 0.0472 e. The van der Waals surface area contributed by atoms with Crippen LogP contribution in [0.1, 0.15) is 18.4 Å². The summed E-state index contributed by atoms with van der Waals surface area (Å²) < 4.78 is 0. The Hall–Kier alpha value is -1.06. The summed E-state index contributed by atoms with van der Waals surface area (Å²) in [6.07, 6.45) is 2.86. The highest BCUT2D eigenvalue weighted by atomic mass is 16.2. The minimum absolute atomic E-state index is 0.213. The highest BCUT2D eigenvalue weighted by Crippen LogP contribution is 2.24. The van der Waals surface area contributed by atoms with Crippen LogP contribution >= 0.6 is 0 Å². The van der Waals surface area contributed by atoms with Crippen molar-refractivity contribution in [3.05, 3.63) is 29.8 Å². The van der Waals surface area contributed by atoms with Gasteiger partial charge in [0.25, 0.3) is 0 Å². The summed E-state index contributed by atoms with van der Waals surface area (Å²) in [5, 5.41) is 9.05. The monoisotopic (exact) mass is 220 g/mol. The highest BCUT2D eigenvalue weighted by molar-refractivity contribution is 5.54. The molecule has 1 aliphatic heterocycles. The Bertz CT molecular complexity index is 332. The first-order valence-electron chi connectivity index (χ1n) is 6.00. The Morgan fingerprint density at radius 1 is 1.25 bits per heavy atom. The number of aliphatic hydroxyl groups is 1. The van der Waals surface area contributed by atoms with Crippen LogP contribution < -0.4 is 10.6 Å². The topological polar surface area (TPSA) is 49.5 Å². The lowest BCUT2D eigenvalue weighted by molar-refractivity contribution is 0.299. The van der Waals surface area contributed by atoms with Crippen LogP contribution in [-0.2, 0) is 6.42 Å². The molecule has 0 amide bonds. The average molecular weight is 220 g/mol. The zero-order valence-electron chi connectivity index (χ0n) is 9.60. The van der Waals surface area contributed by atoms with Crippen LogP contribution in [0.25, 0.3) is 0 Å². The molecule has 0 atom stereocenters. The van der Waals surface area contributed by atoms with Gasteiger partial charge in [-0.1, -0.05) is 18.2 Å². The van der Waals surface area contributed by atoms with Gasteiger partial charge in [0.1, 0.15) is 0 Å². The van der Waals surface area contributed by atoms with E-state index < -0.39 is 0 Å². The van der Waals surface area contributed by atoms with E-state index in [1.807, 2.05) is 6.07 Å². The van der Waals surface area contributed by atoms with Gasteiger partial charge in [-0.3, -0.25) is 0 Å². The third-order valence-electron chi connectivity index (χ3n) is 3.25. The lowest BCUT2D eigenvalue weighted by Crippen LogP contribution is -2.40. The minimum atomic E-state index is 0.213. The van der Waals surface area contributed by atoms with Crippen molar-refractivity contribution in [1.82, 2.24) is 0 Å². The number of benzene rings is 1. The van der Waals surface area contributed by atoms with Crippen molar-refractivity contribution >= 4 is 5.69 Å². The maximum absolute atomic E-state index is 9.05. The number of nitrogens with zero attached hydrogens (tertiary/aromatic N) is 1. The van der Waals surface area contributed by atoms with Gasteiger partial charge in [0, 0.05) is 31.4 Å². The number of para-hydroxylation sites is 1. The standard InChI is InChI=1S/C13H20N2O/c14-12-5-8-15(9-6-12)13-4-2-1-3-11(13)7-10-16/h1-4,12,16H,5-10,14H2. The molecule has 3 N–H and O–H groups in total. The van der Waals surface area contributed by atoms with E-state index in [0.29, 0.717) is 6.04 Å². The summed E-state index contributed by atoms with van der Waals surface area (Å²) in [6.45, 7) is 2.28. The van der Waals surface area contributed by atoms with E-state index in [1.165, 1.54) is 11.3 Å². The Balaban J connectivity index is 2.13. The van der Waals surface area contributed by atoms with Gasteiger partial charge in [-0.2, -0.15) is 0 Å². The van der Waals surface area contributed by atoms with Gasteiger partial charge in [-0.25, -0.2) is 0 Å². The third kappa shape index (κ3) is 2.54. The van der Waals surface area contributed by atoms with Crippen LogP contribution in [0.3, 0.4) is 0 Å². The maximum atomic E-state index is 9.05. The van der Waals surface area contributed by atoms with Crippen molar-refractivity contribution in [3.8, 4) is 0 Å². The van der Waals surface area contributed by atoms with Gasteiger partial charge in [-0.15, -0.1) is 0 Å². The van der Waals surface area contributed by atoms with Gasteiger partial charge >= 0.3 is 0 Å². The molecule has 2 rings (SSSR count). The van der Waals surface area contributed by atoms with Crippen molar-refractivity contribution in [1.29, 1.82) is 0 Å². The van der Waals surface area contributed by atoms with E-state index in [4.69, 9.17) is 10.8 Å². The van der Waals surface area contributed by atoms with Gasteiger partial charge in [-0.05, 0) is 30.9 Å². The van der Waals surface area contributed by atoms with E-state index in [2.05, 4.69) is 23.1 Å². The molecule has 1 fully saturated rings. The van der Waals surface area contributed by atoms with Crippen LogP contribution in [0.2, 0.25) is 0 Å². The van der Waals surface area contributed by atoms with E-state index in [-0.39, 0.29) is 6.61 Å². The normalized spacial score (nSPS) is 17.8. The summed E-state index contributed by atoms with van der Waals surface area (Å²) in [6, 6.07) is 8.69. The fourth-order valence-electron chi connectivity index (χ4n) is 2.29. The van der Waals surface area contributed by atoms with Crippen LogP contribution in [0, 0.1) is 0 Å². The summed E-state index contributed by atoms with van der Waals surface area (Å²) >= 11 is 0. The first kappa shape index (κ1) is 11.4. The van der Waals surface area contributed by atoms with Crippen molar-refractivity contribution in [2.45, 2.75) is 25.3 Å². The molecule has 0 saturated carbocycles. The molecule has 1 heterocycles. The summed E-state index contributed by atoms with van der Waals surface area (Å²) in [4.78, 5) is 2.38. The number of nitrogens with two attached hydrogens (primary N) is 1. The fraction of sp³-hybridized carbons (Fsp3) is 0.538. The van der Waals surface area contributed by atoms with Gasteiger partial charge in [0.15, 0.2) is 0 Å².